The number of nitrogens with zero attached hydrogens (tertiary/aromatic N) is 6. The average Bonchev–Trinajstić information content (AvgIpc) is 3.65. The summed E-state index contributed by atoms with van der Waals surface area (Å²) in [7, 11) is -1.84. The number of aliphatic carboxylic acids is 1. The molecule has 3 fully saturated rings. The number of piperazine rings is 1. The summed E-state index contributed by atoms with van der Waals surface area (Å²) in [4.78, 5) is 82.7. The molecule has 4 heterocycles. The maximum atomic E-state index is 14.1. The minimum atomic E-state index is -3.77. The summed E-state index contributed by atoms with van der Waals surface area (Å²) < 4.78 is 32.6. The van der Waals surface area contributed by atoms with Crippen molar-refractivity contribution in [2.45, 2.75) is 56.7 Å². The number of carbonyl (C=O) groups is 4. The van der Waals surface area contributed by atoms with Gasteiger partial charge in [-0.2, -0.15) is 0 Å². The Morgan fingerprint density at radius 2 is 1.56 bits per heavy atom. The van der Waals surface area contributed by atoms with Crippen LogP contribution in [0.5, 0.6) is 0 Å². The van der Waals surface area contributed by atoms with Crippen LogP contribution in [0.1, 0.15) is 31.4 Å². The lowest BCUT2D eigenvalue weighted by Crippen LogP contribution is -2.68. The van der Waals surface area contributed by atoms with Crippen LogP contribution < -0.4 is 4.72 Å². The topological polar surface area (TPSA) is 243 Å². The molecule has 2 aromatic carbocycles. The van der Waals surface area contributed by atoms with Crippen LogP contribution >= 0.6 is 11.8 Å². The number of carboxylic acids is 1. The number of nitrogens with one attached hydrogen (secondary N) is 1. The Hall–Kier alpha value is -5.12. The van der Waals surface area contributed by atoms with Crippen LogP contribution in [0.3, 0.4) is 0 Å². The summed E-state index contributed by atoms with van der Waals surface area (Å²) in [5.41, 5.74) is -0.665. The maximum absolute atomic E-state index is 14.1. The largest absolute Gasteiger partial charge is 0.477 e. The number of hydrogen-bond donors (Lipinski definition) is 2. The van der Waals surface area contributed by atoms with Gasteiger partial charge >= 0.3 is 12.1 Å². The molecule has 0 radical (unpaired) electrons. The average molecular weight is 830 g/mol. The van der Waals surface area contributed by atoms with Crippen molar-refractivity contribution in [2.24, 2.45) is 11.3 Å². The van der Waals surface area contributed by atoms with Crippen LogP contribution in [0.25, 0.3) is 0 Å². The number of amides is 3. The second kappa shape index (κ2) is 16.0. The lowest BCUT2D eigenvalue weighted by atomic mass is 9.67. The highest BCUT2D eigenvalue weighted by molar-refractivity contribution is 8.03. The standard InChI is InChI=1S/C36H43N7O12S2/c1-21(37-57(4,53)54)28-30-36(2,18-22-5-9-24(10-6-22)42(49)50)31(29(34(46)47)41(30)33(28)45)56-26-17-27(32(44)39-15-13-38(3)14-16-39)40(19-26)35(48)55-20-23-7-11-25(12-8-23)43(51)52/h5-12,21,26-28,30,37H,13-20H2,1-4H3,(H,46,47)/t21?,26-,27-,28+,30-,36+/m0/s1. The minimum Gasteiger partial charge on any atom is -0.477 e. The molecule has 0 spiro atoms. The zero-order valence-electron chi connectivity index (χ0n) is 31.6. The number of carbonyl (C=O) groups excluding carboxylic acids is 3. The van der Waals surface area contributed by atoms with Crippen LogP contribution in [-0.2, 0) is 42.2 Å². The molecule has 0 bridgehead atoms. The van der Waals surface area contributed by atoms with Gasteiger partial charge in [0.15, 0.2) is 0 Å². The van der Waals surface area contributed by atoms with E-state index in [1.807, 2.05) is 7.05 Å². The molecule has 3 amide bonds. The SMILES string of the molecule is CC(NS(C)(=O)=O)[C@H]1C(=O)N2C(C(=O)O)=C(S[C@H]3C[C@@H](C(=O)N4CCN(C)CC4)N(C(=O)OCc4ccc([N+](=O)[O-])cc4)C3)[C@](C)(Cc3ccc([N+](=O)[O-])cc3)[C@H]12. The first kappa shape index (κ1) is 41.5. The Labute approximate surface area is 332 Å². The summed E-state index contributed by atoms with van der Waals surface area (Å²) in [6.07, 6.45) is 0.370. The van der Waals surface area contributed by atoms with E-state index in [2.05, 4.69) is 9.62 Å². The highest BCUT2D eigenvalue weighted by Gasteiger charge is 2.66. The van der Waals surface area contributed by atoms with Gasteiger partial charge in [0.1, 0.15) is 18.3 Å². The fraction of sp³-hybridized carbons (Fsp3) is 0.500. The fourth-order valence-corrected chi connectivity index (χ4v) is 10.7. The first-order valence-corrected chi connectivity index (χ1v) is 20.9. The Balaban J connectivity index is 1.33. The molecule has 6 rings (SSSR count). The number of β-lactam (4-membered cyclic amide) rings is 1. The molecule has 21 heteroatoms. The van der Waals surface area contributed by atoms with E-state index in [9.17, 15) is 52.9 Å². The van der Waals surface area contributed by atoms with E-state index in [1.165, 1.54) is 53.1 Å². The number of non-ortho nitro benzene ring substituents is 2. The van der Waals surface area contributed by atoms with Crippen molar-refractivity contribution in [3.8, 4) is 0 Å². The number of fused-ring (bicyclic) bond motifs is 1. The van der Waals surface area contributed by atoms with Crippen LogP contribution in [0, 0.1) is 31.6 Å². The zero-order chi connectivity index (χ0) is 41.6. The number of thioether (sulfide) groups is 1. The Bertz CT molecular complexity index is 2110. The van der Waals surface area contributed by atoms with Gasteiger partial charge in [0.2, 0.25) is 21.8 Å². The van der Waals surface area contributed by atoms with E-state index >= 15 is 0 Å². The molecular weight excluding hydrogens is 787 g/mol. The van der Waals surface area contributed by atoms with Gasteiger partial charge in [0.05, 0.1) is 28.1 Å². The van der Waals surface area contributed by atoms with E-state index in [0.717, 1.165) is 18.0 Å². The molecule has 4 aliphatic rings. The lowest BCUT2D eigenvalue weighted by Gasteiger charge is -2.52. The van der Waals surface area contributed by atoms with Gasteiger partial charge in [-0.1, -0.05) is 19.1 Å². The van der Waals surface area contributed by atoms with Gasteiger partial charge in [-0.3, -0.25) is 34.7 Å². The van der Waals surface area contributed by atoms with Crippen molar-refractivity contribution in [3.63, 3.8) is 0 Å². The molecule has 3 saturated heterocycles. The van der Waals surface area contributed by atoms with E-state index in [0.29, 0.717) is 37.3 Å². The number of hydrogen-bond acceptors (Lipinski definition) is 13. The van der Waals surface area contributed by atoms with Gasteiger partial charge in [0, 0.05) is 78.6 Å². The Morgan fingerprint density at radius 1 is 1.00 bits per heavy atom. The summed E-state index contributed by atoms with van der Waals surface area (Å²) in [5, 5.41) is 32.6. The van der Waals surface area contributed by atoms with Crippen molar-refractivity contribution in [1.82, 2.24) is 24.3 Å². The van der Waals surface area contributed by atoms with Gasteiger partial charge in [-0.05, 0) is 50.1 Å². The van der Waals surface area contributed by atoms with Crippen LogP contribution in [0.15, 0.2) is 59.1 Å². The molecule has 4 aliphatic heterocycles. The number of sulfonamides is 1. The summed E-state index contributed by atoms with van der Waals surface area (Å²) in [5.74, 6) is -3.24. The van der Waals surface area contributed by atoms with E-state index in [4.69, 9.17) is 4.74 Å². The first-order valence-electron chi connectivity index (χ1n) is 18.1. The molecule has 2 N–H and O–H groups in total. The molecule has 0 aliphatic carbocycles. The van der Waals surface area contributed by atoms with Crippen molar-refractivity contribution >= 4 is 57.0 Å². The monoisotopic (exact) mass is 829 g/mol. The number of nitro benzene ring substituents is 2. The smallest absolute Gasteiger partial charge is 0.410 e. The maximum Gasteiger partial charge on any atom is 0.410 e. The van der Waals surface area contributed by atoms with Crippen LogP contribution in [-0.4, -0.2) is 136 Å². The van der Waals surface area contributed by atoms with Crippen molar-refractivity contribution in [2.75, 3.05) is 46.0 Å². The molecular formula is C36H43N7O12S2. The minimum absolute atomic E-state index is 0.0357. The van der Waals surface area contributed by atoms with Crippen molar-refractivity contribution in [3.05, 3.63) is 90.5 Å². The van der Waals surface area contributed by atoms with E-state index in [-0.39, 0.29) is 53.9 Å². The summed E-state index contributed by atoms with van der Waals surface area (Å²) >= 11 is 1.14. The molecule has 19 nitrogen and oxygen atoms in total. The van der Waals surface area contributed by atoms with Gasteiger partial charge in [-0.15, -0.1) is 11.8 Å². The molecule has 57 heavy (non-hydrogen) atoms. The number of carboxylic acid groups (broad SMARTS) is 1. The predicted octanol–water partition coefficient (Wildman–Crippen LogP) is 2.41. The van der Waals surface area contributed by atoms with Crippen molar-refractivity contribution < 1.29 is 47.3 Å². The highest BCUT2D eigenvalue weighted by Crippen LogP contribution is 2.60. The lowest BCUT2D eigenvalue weighted by molar-refractivity contribution is -0.385. The van der Waals surface area contributed by atoms with Crippen LogP contribution in [0.2, 0.25) is 0 Å². The van der Waals surface area contributed by atoms with Crippen molar-refractivity contribution in [1.29, 1.82) is 0 Å². The first-order chi connectivity index (χ1) is 26.8. The van der Waals surface area contributed by atoms with E-state index < -0.39 is 72.5 Å². The normalized spacial score (nSPS) is 25.5. The van der Waals surface area contributed by atoms with Gasteiger partial charge in [-0.25, -0.2) is 22.7 Å². The Morgan fingerprint density at radius 3 is 2.09 bits per heavy atom. The molecule has 2 aromatic rings. The highest BCUT2D eigenvalue weighted by atomic mass is 32.2. The number of benzene rings is 2. The number of likely N-dealkylation sites (tertiary alicyclic amines) is 1. The molecule has 6 atom stereocenters. The third-order valence-electron chi connectivity index (χ3n) is 11.0. The molecule has 0 saturated carbocycles. The fourth-order valence-electron chi connectivity index (χ4n) is 8.25. The number of rotatable bonds is 13. The van der Waals surface area contributed by atoms with E-state index in [1.54, 1.807) is 24.0 Å². The summed E-state index contributed by atoms with van der Waals surface area (Å²) in [6.45, 7) is 5.13. The summed E-state index contributed by atoms with van der Waals surface area (Å²) in [6, 6.07) is 8.50. The predicted molar refractivity (Wildman–Crippen MR) is 205 cm³/mol. The zero-order valence-corrected chi connectivity index (χ0v) is 33.2. The molecule has 0 aromatic heterocycles. The second-order valence-electron chi connectivity index (χ2n) is 15.1. The number of likely N-dealkylation sites (N-methyl/N-ethyl adjacent to an activating group) is 1. The quantitative estimate of drug-likeness (QED) is 0.167. The molecule has 306 valence electrons. The number of ether oxygens (including phenoxy) is 1. The van der Waals surface area contributed by atoms with Gasteiger partial charge in [0.25, 0.3) is 11.4 Å². The number of nitro groups is 2. The third kappa shape index (κ3) is 8.46. The molecule has 1 unspecified atom stereocenters. The Kier molecular flexibility index (Phi) is 11.7. The third-order valence-corrected chi connectivity index (χ3v) is 13.4. The van der Waals surface area contributed by atoms with Crippen LogP contribution in [0.4, 0.5) is 16.2 Å². The second-order valence-corrected chi connectivity index (χ2v) is 18.2. The van der Waals surface area contributed by atoms with Gasteiger partial charge < -0.3 is 24.5 Å².